The van der Waals surface area contributed by atoms with E-state index in [2.05, 4.69) is 20.1 Å². The molecule has 0 bridgehead atoms. The summed E-state index contributed by atoms with van der Waals surface area (Å²) < 4.78 is 7.73. The number of hydrogen-bond donors (Lipinski definition) is 1. The summed E-state index contributed by atoms with van der Waals surface area (Å²) in [6, 6.07) is 6.59. The van der Waals surface area contributed by atoms with Gasteiger partial charge in [0.25, 0.3) is 5.91 Å². The van der Waals surface area contributed by atoms with Gasteiger partial charge in [-0.15, -0.1) is 10.2 Å². The molecule has 1 aliphatic rings. The van der Waals surface area contributed by atoms with Crippen molar-refractivity contribution < 1.29 is 9.21 Å². The molecule has 2 aromatic heterocycles. The summed E-state index contributed by atoms with van der Waals surface area (Å²) in [4.78, 5) is 25.0. The number of hydrogen-bond acceptors (Lipinski definition) is 5. The van der Waals surface area contributed by atoms with Gasteiger partial charge >= 0.3 is 0 Å². The molecule has 140 valence electrons. The second-order valence-electron chi connectivity index (χ2n) is 7.20. The van der Waals surface area contributed by atoms with Crippen LogP contribution in [0.15, 0.2) is 39.8 Å². The lowest BCUT2D eigenvalue weighted by molar-refractivity contribution is 0.0909. The van der Waals surface area contributed by atoms with Gasteiger partial charge in [-0.25, -0.2) is 0 Å². The van der Waals surface area contributed by atoms with Gasteiger partial charge in [0.05, 0.1) is 11.4 Å². The molecule has 4 rings (SSSR count). The van der Waals surface area contributed by atoms with Gasteiger partial charge in [-0.2, -0.15) is 0 Å². The van der Waals surface area contributed by atoms with Crippen LogP contribution in [-0.2, 0) is 0 Å². The van der Waals surface area contributed by atoms with Gasteiger partial charge in [0, 0.05) is 12.1 Å². The predicted molar refractivity (Wildman–Crippen MR) is 101 cm³/mol. The van der Waals surface area contributed by atoms with Crippen LogP contribution in [0.2, 0.25) is 0 Å². The van der Waals surface area contributed by atoms with Crippen molar-refractivity contribution in [2.45, 2.75) is 51.6 Å². The molecule has 7 heteroatoms. The molecule has 1 atom stereocenters. The molecule has 0 radical (unpaired) electrons. The summed E-state index contributed by atoms with van der Waals surface area (Å²) in [6.07, 6.45) is 6.33. The zero-order valence-electron chi connectivity index (χ0n) is 15.4. The van der Waals surface area contributed by atoms with Crippen LogP contribution < -0.4 is 10.7 Å². The molecule has 1 N–H and O–H groups in total. The molecule has 0 aliphatic heterocycles. The minimum atomic E-state index is -0.441. The monoisotopic (exact) mass is 366 g/mol. The van der Waals surface area contributed by atoms with Crippen molar-refractivity contribution in [1.82, 2.24) is 20.1 Å². The highest BCUT2D eigenvalue weighted by atomic mass is 16.3. The first-order valence-electron chi connectivity index (χ1n) is 9.27. The fourth-order valence-corrected chi connectivity index (χ4v) is 3.73. The lowest BCUT2D eigenvalue weighted by Gasteiger charge is -2.18. The van der Waals surface area contributed by atoms with Crippen LogP contribution >= 0.6 is 0 Å². The predicted octanol–water partition coefficient (Wildman–Crippen LogP) is 3.30. The first-order chi connectivity index (χ1) is 13.0. The van der Waals surface area contributed by atoms with Gasteiger partial charge < -0.3 is 14.3 Å². The van der Waals surface area contributed by atoms with Crippen LogP contribution in [0.5, 0.6) is 0 Å². The van der Waals surface area contributed by atoms with Gasteiger partial charge in [-0.05, 0) is 44.4 Å². The van der Waals surface area contributed by atoms with E-state index in [1.807, 2.05) is 19.9 Å². The number of amides is 1. The summed E-state index contributed by atoms with van der Waals surface area (Å²) in [7, 11) is 0. The van der Waals surface area contributed by atoms with Crippen LogP contribution in [-0.4, -0.2) is 20.7 Å². The Balaban J connectivity index is 1.58. The number of carbonyl (C=O) groups is 1. The maximum atomic E-state index is 12.7. The summed E-state index contributed by atoms with van der Waals surface area (Å²) in [5.74, 6) is 0.273. The number of nitrogens with zero attached hydrogens (tertiary/aromatic N) is 3. The SMILES string of the molecule is Cc1ccc2c(=O)cc(C(=O)N[C@H](C)c3nncn3C3CCCC3)oc2c1. The van der Waals surface area contributed by atoms with Gasteiger partial charge in [0.1, 0.15) is 11.9 Å². The Labute approximate surface area is 156 Å². The molecule has 1 aromatic carbocycles. The van der Waals surface area contributed by atoms with Gasteiger partial charge in [0.15, 0.2) is 17.0 Å². The zero-order chi connectivity index (χ0) is 19.0. The number of aryl methyl sites for hydroxylation is 1. The van der Waals surface area contributed by atoms with Gasteiger partial charge in [-0.1, -0.05) is 18.9 Å². The van der Waals surface area contributed by atoms with Crippen molar-refractivity contribution in [3.63, 3.8) is 0 Å². The molecule has 1 aliphatic carbocycles. The summed E-state index contributed by atoms with van der Waals surface area (Å²) >= 11 is 0. The number of benzene rings is 1. The molecule has 1 amide bonds. The van der Waals surface area contributed by atoms with Crippen LogP contribution in [0, 0.1) is 6.92 Å². The largest absolute Gasteiger partial charge is 0.451 e. The zero-order valence-corrected chi connectivity index (χ0v) is 15.4. The molecule has 1 fully saturated rings. The number of aromatic nitrogens is 3. The Morgan fingerprint density at radius 1 is 1.30 bits per heavy atom. The van der Waals surface area contributed by atoms with E-state index in [1.54, 1.807) is 18.5 Å². The van der Waals surface area contributed by atoms with Gasteiger partial charge in [-0.3, -0.25) is 9.59 Å². The second kappa shape index (κ2) is 6.98. The van der Waals surface area contributed by atoms with E-state index in [4.69, 9.17) is 4.42 Å². The van der Waals surface area contributed by atoms with Crippen LogP contribution in [0.4, 0.5) is 0 Å². The molecular weight excluding hydrogens is 344 g/mol. The summed E-state index contributed by atoms with van der Waals surface area (Å²) in [5, 5.41) is 11.6. The second-order valence-corrected chi connectivity index (χ2v) is 7.20. The van der Waals surface area contributed by atoms with E-state index in [-0.39, 0.29) is 17.2 Å². The normalized spacial score (nSPS) is 15.9. The van der Waals surface area contributed by atoms with E-state index in [9.17, 15) is 9.59 Å². The van der Waals surface area contributed by atoms with Crippen molar-refractivity contribution in [2.24, 2.45) is 0 Å². The van der Waals surface area contributed by atoms with E-state index in [0.29, 0.717) is 22.8 Å². The Morgan fingerprint density at radius 2 is 2.07 bits per heavy atom. The number of carbonyl (C=O) groups excluding carboxylic acids is 1. The Hall–Kier alpha value is -2.96. The quantitative estimate of drug-likeness (QED) is 0.765. The Bertz CT molecular complexity index is 1050. The molecule has 1 saturated carbocycles. The van der Waals surface area contributed by atoms with E-state index < -0.39 is 5.91 Å². The fraction of sp³-hybridized carbons (Fsp3) is 0.400. The third-order valence-electron chi connectivity index (χ3n) is 5.16. The average Bonchev–Trinajstić information content (AvgIpc) is 3.32. The molecule has 7 nitrogen and oxygen atoms in total. The van der Waals surface area contributed by atoms with E-state index in [0.717, 1.165) is 18.4 Å². The molecule has 3 aromatic rings. The van der Waals surface area contributed by atoms with Crippen molar-refractivity contribution in [3.8, 4) is 0 Å². The van der Waals surface area contributed by atoms with Gasteiger partial charge in [0.2, 0.25) is 0 Å². The lowest BCUT2D eigenvalue weighted by Crippen LogP contribution is -2.29. The standard InChI is InChI=1S/C20H22N4O3/c1-12-7-8-15-16(25)10-18(27-17(15)9-12)20(26)22-13(2)19-23-21-11-24(19)14-5-3-4-6-14/h7-11,13-14H,3-6H2,1-2H3,(H,22,26)/t13-/m1/s1. The number of rotatable bonds is 4. The van der Waals surface area contributed by atoms with Crippen LogP contribution in [0.1, 0.15) is 66.6 Å². The third kappa shape index (κ3) is 3.37. The van der Waals surface area contributed by atoms with Crippen LogP contribution in [0.25, 0.3) is 11.0 Å². The fourth-order valence-electron chi connectivity index (χ4n) is 3.73. The minimum absolute atomic E-state index is 0.00289. The number of nitrogens with one attached hydrogen (secondary N) is 1. The third-order valence-corrected chi connectivity index (χ3v) is 5.16. The van der Waals surface area contributed by atoms with Crippen molar-refractivity contribution in [1.29, 1.82) is 0 Å². The number of fused-ring (bicyclic) bond motifs is 1. The average molecular weight is 366 g/mol. The molecule has 2 heterocycles. The first kappa shape index (κ1) is 17.5. The van der Waals surface area contributed by atoms with Crippen LogP contribution in [0.3, 0.4) is 0 Å². The lowest BCUT2D eigenvalue weighted by atomic mass is 10.1. The topological polar surface area (TPSA) is 90.0 Å². The van der Waals surface area contributed by atoms with Crippen molar-refractivity contribution >= 4 is 16.9 Å². The Morgan fingerprint density at radius 3 is 2.85 bits per heavy atom. The highest BCUT2D eigenvalue weighted by Gasteiger charge is 2.24. The molecule has 0 saturated heterocycles. The minimum Gasteiger partial charge on any atom is -0.451 e. The van der Waals surface area contributed by atoms with Crippen molar-refractivity contribution in [3.05, 3.63) is 58.0 Å². The maximum absolute atomic E-state index is 12.7. The molecule has 0 unspecified atom stereocenters. The highest BCUT2D eigenvalue weighted by Crippen LogP contribution is 2.31. The highest BCUT2D eigenvalue weighted by molar-refractivity contribution is 5.93. The van der Waals surface area contributed by atoms with E-state index in [1.165, 1.54) is 18.9 Å². The molecule has 27 heavy (non-hydrogen) atoms. The smallest absolute Gasteiger partial charge is 0.287 e. The van der Waals surface area contributed by atoms with E-state index >= 15 is 0 Å². The Kier molecular flexibility index (Phi) is 4.51. The maximum Gasteiger partial charge on any atom is 0.287 e. The first-order valence-corrected chi connectivity index (χ1v) is 9.27. The molecular formula is C20H22N4O3. The summed E-state index contributed by atoms with van der Waals surface area (Å²) in [5.41, 5.74) is 1.14. The molecule has 0 spiro atoms. The van der Waals surface area contributed by atoms with Crippen molar-refractivity contribution in [2.75, 3.05) is 0 Å². The summed E-state index contributed by atoms with van der Waals surface area (Å²) in [6.45, 7) is 3.76.